The lowest BCUT2D eigenvalue weighted by Crippen LogP contribution is -2.51. The molecule has 0 unspecified atom stereocenters. The van der Waals surface area contributed by atoms with Gasteiger partial charge in [0, 0.05) is 6.42 Å². The average molecular weight is 203 g/mol. The van der Waals surface area contributed by atoms with Crippen molar-refractivity contribution in [3.05, 3.63) is 35.4 Å². The van der Waals surface area contributed by atoms with Crippen LogP contribution in [0, 0.1) is 0 Å². The number of hydrogen-bond acceptors (Lipinski definition) is 2. The molecule has 78 valence electrons. The second kappa shape index (κ2) is 2.83. The standard InChI is InChI=1S/C12H13NO2/c1-12-6-8-4-2-3-5-9(8)11(12)13-10(14)7-15-12/h2-5,11H,6-7H2,1H3,(H,13,14)/t11-,12+/m1/s1. The topological polar surface area (TPSA) is 38.3 Å². The third-order valence-electron chi connectivity index (χ3n) is 3.36. The number of hydrogen-bond donors (Lipinski definition) is 1. The van der Waals surface area contributed by atoms with E-state index in [1.165, 1.54) is 11.1 Å². The molecule has 1 fully saturated rings. The Hall–Kier alpha value is -1.35. The van der Waals surface area contributed by atoms with Gasteiger partial charge in [-0.25, -0.2) is 0 Å². The van der Waals surface area contributed by atoms with Gasteiger partial charge >= 0.3 is 0 Å². The van der Waals surface area contributed by atoms with E-state index in [4.69, 9.17) is 4.74 Å². The first-order chi connectivity index (χ1) is 7.19. The summed E-state index contributed by atoms with van der Waals surface area (Å²) >= 11 is 0. The van der Waals surface area contributed by atoms with Crippen LogP contribution < -0.4 is 5.32 Å². The van der Waals surface area contributed by atoms with E-state index in [0.717, 1.165) is 6.42 Å². The summed E-state index contributed by atoms with van der Waals surface area (Å²) in [6, 6.07) is 8.23. The number of rotatable bonds is 0. The summed E-state index contributed by atoms with van der Waals surface area (Å²) < 4.78 is 5.67. The van der Waals surface area contributed by atoms with E-state index in [1.54, 1.807) is 0 Å². The minimum Gasteiger partial charge on any atom is -0.363 e. The quantitative estimate of drug-likeness (QED) is 0.687. The zero-order chi connectivity index (χ0) is 10.5. The normalized spacial score (nSPS) is 33.1. The Morgan fingerprint density at radius 3 is 3.13 bits per heavy atom. The van der Waals surface area contributed by atoms with Gasteiger partial charge in [-0.2, -0.15) is 0 Å². The molecule has 1 aromatic rings. The molecule has 3 nitrogen and oxygen atoms in total. The maximum absolute atomic E-state index is 11.3. The Morgan fingerprint density at radius 2 is 2.27 bits per heavy atom. The van der Waals surface area contributed by atoms with E-state index < -0.39 is 0 Å². The lowest BCUT2D eigenvalue weighted by molar-refractivity contribution is -0.147. The number of benzene rings is 1. The van der Waals surface area contributed by atoms with Crippen LogP contribution in [0.5, 0.6) is 0 Å². The molecule has 0 spiro atoms. The van der Waals surface area contributed by atoms with Gasteiger partial charge in [0.2, 0.25) is 5.91 Å². The van der Waals surface area contributed by atoms with Gasteiger partial charge in [-0.15, -0.1) is 0 Å². The summed E-state index contributed by atoms with van der Waals surface area (Å²) in [6.07, 6.45) is 0.883. The highest BCUT2D eigenvalue weighted by Crippen LogP contribution is 2.42. The fraction of sp³-hybridized carbons (Fsp3) is 0.417. The Labute approximate surface area is 88.4 Å². The molecule has 1 aliphatic heterocycles. The van der Waals surface area contributed by atoms with Crippen LogP contribution >= 0.6 is 0 Å². The second-order valence-electron chi connectivity index (χ2n) is 4.48. The van der Waals surface area contributed by atoms with Crippen molar-refractivity contribution in [1.82, 2.24) is 5.32 Å². The van der Waals surface area contributed by atoms with Crippen molar-refractivity contribution < 1.29 is 9.53 Å². The highest BCUT2D eigenvalue weighted by Gasteiger charge is 2.47. The van der Waals surface area contributed by atoms with Gasteiger partial charge in [0.05, 0.1) is 11.6 Å². The molecule has 1 N–H and O–H groups in total. The number of nitrogens with one attached hydrogen (secondary N) is 1. The van der Waals surface area contributed by atoms with Gasteiger partial charge in [-0.1, -0.05) is 24.3 Å². The fourth-order valence-electron chi connectivity index (χ4n) is 2.58. The second-order valence-corrected chi connectivity index (χ2v) is 4.48. The zero-order valence-electron chi connectivity index (χ0n) is 8.62. The van der Waals surface area contributed by atoms with Crippen LogP contribution in [0.25, 0.3) is 0 Å². The van der Waals surface area contributed by atoms with E-state index in [0.29, 0.717) is 0 Å². The molecule has 0 saturated carbocycles. The third kappa shape index (κ3) is 1.20. The fourth-order valence-corrected chi connectivity index (χ4v) is 2.58. The van der Waals surface area contributed by atoms with Crippen LogP contribution in [0.2, 0.25) is 0 Å². The SMILES string of the molecule is C[C@]12Cc3ccccc3[C@H]1NC(=O)CO2. The maximum Gasteiger partial charge on any atom is 0.246 e. The lowest BCUT2D eigenvalue weighted by Gasteiger charge is -2.36. The molecule has 0 radical (unpaired) electrons. The summed E-state index contributed by atoms with van der Waals surface area (Å²) in [4.78, 5) is 11.3. The molecule has 2 atom stereocenters. The summed E-state index contributed by atoms with van der Waals surface area (Å²) in [5.74, 6) is -0.0193. The van der Waals surface area contributed by atoms with Crippen molar-refractivity contribution in [2.75, 3.05) is 6.61 Å². The van der Waals surface area contributed by atoms with Gasteiger partial charge < -0.3 is 10.1 Å². The minimum absolute atomic E-state index is 0.0193. The molecular weight excluding hydrogens is 190 g/mol. The van der Waals surface area contributed by atoms with E-state index in [9.17, 15) is 4.79 Å². The molecule has 3 rings (SSSR count). The summed E-state index contributed by atoms with van der Waals surface area (Å²) in [5, 5.41) is 3.01. The smallest absolute Gasteiger partial charge is 0.246 e. The van der Waals surface area contributed by atoms with Crippen molar-refractivity contribution in [3.8, 4) is 0 Å². The number of carbonyl (C=O) groups excluding carboxylic acids is 1. The molecule has 3 heteroatoms. The molecule has 1 amide bonds. The molecular formula is C12H13NO2. The number of fused-ring (bicyclic) bond motifs is 3. The molecule has 1 aliphatic carbocycles. The lowest BCUT2D eigenvalue weighted by atomic mass is 9.96. The molecule has 0 aromatic heterocycles. The van der Waals surface area contributed by atoms with E-state index in [-0.39, 0.29) is 24.2 Å². The van der Waals surface area contributed by atoms with E-state index in [2.05, 4.69) is 24.4 Å². The first kappa shape index (κ1) is 8.92. The van der Waals surface area contributed by atoms with Crippen LogP contribution in [0.1, 0.15) is 24.1 Å². The van der Waals surface area contributed by atoms with Crippen molar-refractivity contribution in [3.63, 3.8) is 0 Å². The Morgan fingerprint density at radius 1 is 1.47 bits per heavy atom. The largest absolute Gasteiger partial charge is 0.363 e. The van der Waals surface area contributed by atoms with Gasteiger partial charge in [0.15, 0.2) is 0 Å². The molecule has 1 saturated heterocycles. The van der Waals surface area contributed by atoms with Crippen molar-refractivity contribution in [2.45, 2.75) is 25.0 Å². The van der Waals surface area contributed by atoms with Crippen LogP contribution in [0.4, 0.5) is 0 Å². The first-order valence-corrected chi connectivity index (χ1v) is 5.20. The van der Waals surface area contributed by atoms with Crippen LogP contribution in [-0.2, 0) is 16.0 Å². The Bertz CT molecular complexity index is 429. The van der Waals surface area contributed by atoms with Gasteiger partial charge in [-0.3, -0.25) is 4.79 Å². The van der Waals surface area contributed by atoms with Crippen LogP contribution in [-0.4, -0.2) is 18.1 Å². The first-order valence-electron chi connectivity index (χ1n) is 5.20. The van der Waals surface area contributed by atoms with E-state index >= 15 is 0 Å². The van der Waals surface area contributed by atoms with Gasteiger partial charge in [0.25, 0.3) is 0 Å². The van der Waals surface area contributed by atoms with Crippen LogP contribution in [0.3, 0.4) is 0 Å². The highest BCUT2D eigenvalue weighted by atomic mass is 16.5. The Kier molecular flexibility index (Phi) is 1.68. The van der Waals surface area contributed by atoms with E-state index in [1.807, 2.05) is 12.1 Å². The molecule has 0 bridgehead atoms. The highest BCUT2D eigenvalue weighted by molar-refractivity contribution is 5.79. The monoisotopic (exact) mass is 203 g/mol. The van der Waals surface area contributed by atoms with Crippen molar-refractivity contribution >= 4 is 5.91 Å². The maximum atomic E-state index is 11.3. The Balaban J connectivity index is 2.07. The van der Waals surface area contributed by atoms with Crippen LogP contribution in [0.15, 0.2) is 24.3 Å². The predicted octanol–water partition coefficient (Wildman–Crippen LogP) is 1.19. The average Bonchev–Trinajstić information content (AvgIpc) is 2.51. The number of carbonyl (C=O) groups is 1. The van der Waals surface area contributed by atoms with Gasteiger partial charge in [0.1, 0.15) is 6.61 Å². The number of ether oxygens (including phenoxy) is 1. The van der Waals surface area contributed by atoms with Crippen molar-refractivity contribution in [1.29, 1.82) is 0 Å². The minimum atomic E-state index is -0.252. The molecule has 1 heterocycles. The molecule has 1 aromatic carbocycles. The van der Waals surface area contributed by atoms with Gasteiger partial charge in [-0.05, 0) is 18.1 Å². The molecule has 15 heavy (non-hydrogen) atoms. The predicted molar refractivity (Wildman–Crippen MR) is 55.4 cm³/mol. The number of morpholine rings is 1. The summed E-state index contributed by atoms with van der Waals surface area (Å²) in [6.45, 7) is 2.25. The summed E-state index contributed by atoms with van der Waals surface area (Å²) in [5.41, 5.74) is 2.23. The summed E-state index contributed by atoms with van der Waals surface area (Å²) in [7, 11) is 0. The third-order valence-corrected chi connectivity index (χ3v) is 3.36. The number of amides is 1. The zero-order valence-corrected chi connectivity index (χ0v) is 8.62. The van der Waals surface area contributed by atoms with Crippen molar-refractivity contribution in [2.24, 2.45) is 0 Å². The molecule has 2 aliphatic rings.